The Morgan fingerprint density at radius 2 is 1.80 bits per heavy atom. The van der Waals surface area contributed by atoms with Gasteiger partial charge < -0.3 is 30.6 Å². The van der Waals surface area contributed by atoms with Crippen molar-refractivity contribution in [1.29, 1.82) is 0 Å². The fourth-order valence-corrected chi connectivity index (χ4v) is 8.19. The molecule has 2 saturated carbocycles. The third-order valence-corrected chi connectivity index (χ3v) is 11.6. The topological polar surface area (TPSA) is 128 Å². The molecule has 10 nitrogen and oxygen atoms in total. The molecule has 4 aliphatic rings. The number of imidazole rings is 1. The number of aromatic nitrogens is 2. The average molecular weight is 647 g/mol. The van der Waals surface area contributed by atoms with Crippen LogP contribution in [0.3, 0.4) is 0 Å². The van der Waals surface area contributed by atoms with Gasteiger partial charge in [-0.2, -0.15) is 0 Å². The molecule has 0 radical (unpaired) electrons. The Kier molecular flexibility index (Phi) is 7.79. The highest BCUT2D eigenvalue weighted by atomic mass is 35.5. The Balaban J connectivity index is 1.26. The summed E-state index contributed by atoms with van der Waals surface area (Å²) in [4.78, 5) is 50.4. The number of urea groups is 1. The van der Waals surface area contributed by atoms with E-state index in [0.29, 0.717) is 43.4 Å². The zero-order chi connectivity index (χ0) is 32.3. The molecule has 244 valence electrons. The van der Waals surface area contributed by atoms with E-state index in [1.807, 2.05) is 42.5 Å². The highest BCUT2D eigenvalue weighted by molar-refractivity contribution is 6.31. The lowest BCUT2D eigenvalue weighted by Crippen LogP contribution is -2.57. The molecule has 1 aromatic heterocycles. The van der Waals surface area contributed by atoms with Crippen molar-refractivity contribution in [2.24, 2.45) is 10.8 Å². The first kappa shape index (κ1) is 31.0. The van der Waals surface area contributed by atoms with Crippen molar-refractivity contribution < 1.29 is 19.1 Å². The smallest absolute Gasteiger partial charge is 0.317 e. The fraction of sp³-hybridized carbons (Fsp3) is 0.543. The first-order valence-corrected chi connectivity index (χ1v) is 16.8. The summed E-state index contributed by atoms with van der Waals surface area (Å²) in [5, 5.41) is 10.1. The van der Waals surface area contributed by atoms with E-state index < -0.39 is 17.5 Å². The van der Waals surface area contributed by atoms with Crippen molar-refractivity contribution in [3.63, 3.8) is 0 Å². The number of carbonyl (C=O) groups is 3. The maximum Gasteiger partial charge on any atom is 0.317 e. The molecule has 46 heavy (non-hydrogen) atoms. The number of H-pyrrole nitrogens is 1. The number of ether oxygens (including phenoxy) is 1. The van der Waals surface area contributed by atoms with Crippen LogP contribution < -0.4 is 16.0 Å². The quantitative estimate of drug-likeness (QED) is 0.276. The summed E-state index contributed by atoms with van der Waals surface area (Å²) in [6, 6.07) is 12.6. The van der Waals surface area contributed by atoms with Crippen LogP contribution in [0.2, 0.25) is 5.02 Å². The van der Waals surface area contributed by atoms with Gasteiger partial charge >= 0.3 is 6.03 Å². The van der Waals surface area contributed by atoms with Crippen LogP contribution >= 0.6 is 11.6 Å². The molecule has 0 unspecified atom stereocenters. The van der Waals surface area contributed by atoms with E-state index in [9.17, 15) is 14.4 Å². The van der Waals surface area contributed by atoms with E-state index in [0.717, 1.165) is 54.3 Å². The molecule has 11 heteroatoms. The van der Waals surface area contributed by atoms with E-state index in [1.165, 1.54) is 4.90 Å². The number of hydrogen-bond donors (Lipinski definition) is 4. The van der Waals surface area contributed by atoms with Gasteiger partial charge in [-0.25, -0.2) is 9.78 Å². The lowest BCUT2D eigenvalue weighted by Gasteiger charge is -2.43. The minimum absolute atomic E-state index is 0.0615. The molecule has 1 spiro atoms. The molecule has 3 atom stereocenters. The first-order valence-electron chi connectivity index (χ1n) is 16.4. The van der Waals surface area contributed by atoms with Gasteiger partial charge in [0.15, 0.2) is 0 Å². The number of fused-ring (bicyclic) bond motifs is 1. The van der Waals surface area contributed by atoms with Crippen molar-refractivity contribution in [3.8, 4) is 0 Å². The summed E-state index contributed by atoms with van der Waals surface area (Å²) < 4.78 is 5.72. The predicted octanol–water partition coefficient (Wildman–Crippen LogP) is 4.95. The summed E-state index contributed by atoms with van der Waals surface area (Å²) in [5.41, 5.74) is 2.29. The number of carbonyl (C=O) groups excluding carboxylic acids is 3. The van der Waals surface area contributed by atoms with Gasteiger partial charge in [0, 0.05) is 50.2 Å². The molecule has 7 rings (SSSR count). The van der Waals surface area contributed by atoms with Crippen LogP contribution in [0.4, 0.5) is 4.79 Å². The van der Waals surface area contributed by atoms with Gasteiger partial charge in [-0.1, -0.05) is 49.2 Å². The largest absolute Gasteiger partial charge is 0.381 e. The van der Waals surface area contributed by atoms with E-state index in [1.54, 1.807) is 14.1 Å². The van der Waals surface area contributed by atoms with E-state index in [2.05, 4.69) is 27.9 Å². The third-order valence-electron chi connectivity index (χ3n) is 11.3. The summed E-state index contributed by atoms with van der Waals surface area (Å²) in [6.07, 6.45) is 6.02. The molecule has 2 aliphatic carbocycles. The maximum absolute atomic E-state index is 14.2. The molecule has 3 heterocycles. The van der Waals surface area contributed by atoms with Gasteiger partial charge in [0.2, 0.25) is 11.8 Å². The molecule has 3 aromatic rings. The molecular weight excluding hydrogens is 604 g/mol. The summed E-state index contributed by atoms with van der Waals surface area (Å²) >= 11 is 6.79. The zero-order valence-electron chi connectivity index (χ0n) is 26.7. The first-order chi connectivity index (χ1) is 22.1. The summed E-state index contributed by atoms with van der Waals surface area (Å²) in [5.74, 6) is 0.307. The van der Waals surface area contributed by atoms with Crippen LogP contribution in [-0.4, -0.2) is 72.6 Å². The monoisotopic (exact) mass is 646 g/mol. The van der Waals surface area contributed by atoms with Gasteiger partial charge in [-0.15, -0.1) is 0 Å². The van der Waals surface area contributed by atoms with Crippen molar-refractivity contribution in [1.82, 2.24) is 30.8 Å². The van der Waals surface area contributed by atoms with Gasteiger partial charge in [-0.3, -0.25) is 9.59 Å². The number of benzene rings is 2. The van der Waals surface area contributed by atoms with Crippen molar-refractivity contribution in [2.45, 2.75) is 75.3 Å². The number of nitrogens with one attached hydrogen (secondary N) is 4. The number of aromatic amines is 1. The second kappa shape index (κ2) is 11.6. The molecule has 4 N–H and O–H groups in total. The van der Waals surface area contributed by atoms with Crippen molar-refractivity contribution in [2.75, 3.05) is 33.9 Å². The predicted molar refractivity (Wildman–Crippen MR) is 176 cm³/mol. The standard InChI is InChI=1S/C35H43ClN6O4/c1-33(13-14-33)26(22-7-4-5-8-23(22)36)27(40-32(45)42(2)3)29-38-24-10-9-21(19-25(24)39-29)35(15-17-46-18-16-35)31(44)41-28-30(43)37-20-34(28)11-6-12-34/h4-5,7-10,19,26-28H,6,11-18,20H2,1-3H3,(H,37,43)(H,38,39)(H,40,45)(H,41,44)/t26-,27-,28-/m0/s1. The summed E-state index contributed by atoms with van der Waals surface area (Å²) in [6.45, 7) is 3.77. The minimum atomic E-state index is -0.842. The Labute approximate surface area is 274 Å². The number of amides is 4. The zero-order valence-corrected chi connectivity index (χ0v) is 27.5. The van der Waals surface area contributed by atoms with Crippen LogP contribution in [-0.2, 0) is 19.7 Å². The number of halogens is 1. The van der Waals surface area contributed by atoms with Crippen molar-refractivity contribution in [3.05, 3.63) is 64.4 Å². The number of hydrogen-bond acceptors (Lipinski definition) is 5. The van der Waals surface area contributed by atoms with E-state index in [-0.39, 0.29) is 34.6 Å². The normalized spacial score (nSPS) is 23.7. The van der Waals surface area contributed by atoms with Gasteiger partial charge in [0.05, 0.1) is 22.5 Å². The van der Waals surface area contributed by atoms with Crippen LogP contribution in [0.15, 0.2) is 42.5 Å². The van der Waals surface area contributed by atoms with Crippen LogP contribution in [0.25, 0.3) is 11.0 Å². The lowest BCUT2D eigenvalue weighted by molar-refractivity contribution is -0.136. The number of nitrogens with zero attached hydrogens (tertiary/aromatic N) is 2. The molecule has 2 aromatic carbocycles. The highest BCUT2D eigenvalue weighted by Gasteiger charge is 2.55. The Bertz CT molecular complexity index is 1670. The Hall–Kier alpha value is -3.63. The summed E-state index contributed by atoms with van der Waals surface area (Å²) in [7, 11) is 3.45. The van der Waals surface area contributed by atoms with Crippen LogP contribution in [0, 0.1) is 10.8 Å². The maximum atomic E-state index is 14.2. The lowest BCUT2D eigenvalue weighted by atomic mass is 9.65. The third kappa shape index (κ3) is 5.23. The molecule has 2 aliphatic heterocycles. The molecule has 4 fully saturated rings. The molecular formula is C35H43ClN6O4. The molecule has 2 saturated heterocycles. The number of rotatable bonds is 8. The second-order valence-corrected chi connectivity index (χ2v) is 14.8. The Morgan fingerprint density at radius 1 is 1.07 bits per heavy atom. The molecule has 4 amide bonds. The van der Waals surface area contributed by atoms with Crippen LogP contribution in [0.5, 0.6) is 0 Å². The molecule has 0 bridgehead atoms. The Morgan fingerprint density at radius 3 is 2.46 bits per heavy atom. The van der Waals surface area contributed by atoms with Gasteiger partial charge in [-0.05, 0) is 73.3 Å². The SMILES string of the molecule is CN(C)C(=O)N[C@H](c1nc2ccc(C3(C(=O)N[C@H]4C(=O)NCC45CCC5)CCOCC3)cc2[nH]1)[C@H](c1ccccc1Cl)C1(C)CC1. The average Bonchev–Trinajstić information content (AvgIpc) is 3.47. The van der Waals surface area contributed by atoms with Gasteiger partial charge in [0.25, 0.3) is 0 Å². The fourth-order valence-electron chi connectivity index (χ4n) is 7.94. The highest BCUT2D eigenvalue weighted by Crippen LogP contribution is 2.60. The van der Waals surface area contributed by atoms with Crippen molar-refractivity contribution >= 4 is 40.5 Å². The second-order valence-electron chi connectivity index (χ2n) is 14.4. The van der Waals surface area contributed by atoms with Crippen LogP contribution in [0.1, 0.15) is 80.8 Å². The minimum Gasteiger partial charge on any atom is -0.381 e. The van der Waals surface area contributed by atoms with Gasteiger partial charge in [0.1, 0.15) is 11.9 Å². The van der Waals surface area contributed by atoms with E-state index >= 15 is 0 Å². The van der Waals surface area contributed by atoms with E-state index in [4.69, 9.17) is 21.3 Å².